The summed E-state index contributed by atoms with van der Waals surface area (Å²) in [4.78, 5) is 0.139. The average Bonchev–Trinajstić information content (AvgIpc) is 2.83. The van der Waals surface area contributed by atoms with Crippen molar-refractivity contribution in [2.24, 2.45) is 0 Å². The van der Waals surface area contributed by atoms with Gasteiger partial charge >= 0.3 is 0 Å². The lowest BCUT2D eigenvalue weighted by Crippen LogP contribution is -2.12. The molecular formula is C14H17BrN2O3S. The van der Waals surface area contributed by atoms with Crippen molar-refractivity contribution in [3.63, 3.8) is 0 Å². The van der Waals surface area contributed by atoms with Gasteiger partial charge in [-0.3, -0.25) is 4.72 Å². The predicted molar refractivity (Wildman–Crippen MR) is 85.7 cm³/mol. The summed E-state index contributed by atoms with van der Waals surface area (Å²) in [6, 6.07) is 8.48. The minimum Gasteiger partial charge on any atom is -0.390 e. The second-order valence-electron chi connectivity index (χ2n) is 4.94. The predicted octanol–water partition coefficient (Wildman–Crippen LogP) is 3.12. The molecule has 0 radical (unpaired) electrons. The molecule has 2 aromatic rings. The third kappa shape index (κ3) is 3.66. The first-order valence-electron chi connectivity index (χ1n) is 6.43. The molecule has 0 saturated carbocycles. The smallest absolute Gasteiger partial charge is 0.263 e. The molecule has 21 heavy (non-hydrogen) atoms. The molecule has 1 aromatic carbocycles. The minimum atomic E-state index is -3.68. The largest absolute Gasteiger partial charge is 0.390 e. The molecule has 0 amide bonds. The van der Waals surface area contributed by atoms with E-state index in [2.05, 4.69) is 20.7 Å². The molecule has 0 aliphatic heterocycles. The Hall–Kier alpha value is -1.31. The van der Waals surface area contributed by atoms with E-state index in [0.29, 0.717) is 11.4 Å². The first-order chi connectivity index (χ1) is 9.83. The zero-order chi connectivity index (χ0) is 15.6. The first-order valence-corrected chi connectivity index (χ1v) is 8.71. The maximum Gasteiger partial charge on any atom is 0.263 e. The number of hydrogen-bond donors (Lipinski definition) is 2. The SMILES string of the molecule is CC(C)n1cc(S(=O)(=O)Nc2cccc(Br)c2)cc1CO. The topological polar surface area (TPSA) is 71.3 Å². The van der Waals surface area contributed by atoms with Crippen molar-refractivity contribution >= 4 is 31.6 Å². The Labute approximate surface area is 132 Å². The van der Waals surface area contributed by atoms with Gasteiger partial charge in [0.15, 0.2) is 0 Å². The maximum atomic E-state index is 12.4. The van der Waals surface area contributed by atoms with Crippen molar-refractivity contribution in [1.29, 1.82) is 0 Å². The van der Waals surface area contributed by atoms with Crippen molar-refractivity contribution in [1.82, 2.24) is 4.57 Å². The van der Waals surface area contributed by atoms with Crippen LogP contribution in [0.2, 0.25) is 0 Å². The number of nitrogens with zero attached hydrogens (tertiary/aromatic N) is 1. The van der Waals surface area contributed by atoms with Crippen LogP contribution >= 0.6 is 15.9 Å². The van der Waals surface area contributed by atoms with Gasteiger partial charge in [0.25, 0.3) is 10.0 Å². The Kier molecular flexibility index (Phi) is 4.75. The normalized spacial score (nSPS) is 11.9. The molecule has 2 rings (SSSR count). The van der Waals surface area contributed by atoms with Crippen LogP contribution < -0.4 is 4.72 Å². The van der Waals surface area contributed by atoms with Crippen molar-refractivity contribution in [3.05, 3.63) is 46.7 Å². The van der Waals surface area contributed by atoms with Gasteiger partial charge in [-0.15, -0.1) is 0 Å². The molecule has 7 heteroatoms. The van der Waals surface area contributed by atoms with Crippen LogP contribution in [0.15, 0.2) is 45.9 Å². The van der Waals surface area contributed by atoms with E-state index in [-0.39, 0.29) is 17.5 Å². The van der Waals surface area contributed by atoms with E-state index in [1.54, 1.807) is 22.8 Å². The number of aliphatic hydroxyl groups is 1. The van der Waals surface area contributed by atoms with Crippen LogP contribution in [-0.2, 0) is 16.6 Å². The summed E-state index contributed by atoms with van der Waals surface area (Å²) in [5.74, 6) is 0. The molecule has 114 valence electrons. The highest BCUT2D eigenvalue weighted by atomic mass is 79.9. The van der Waals surface area contributed by atoms with Gasteiger partial charge in [0.2, 0.25) is 0 Å². The van der Waals surface area contributed by atoms with Gasteiger partial charge < -0.3 is 9.67 Å². The van der Waals surface area contributed by atoms with Crippen LogP contribution in [0.4, 0.5) is 5.69 Å². The van der Waals surface area contributed by atoms with Gasteiger partial charge in [0.1, 0.15) is 4.90 Å². The number of halogens is 1. The third-order valence-electron chi connectivity index (χ3n) is 3.01. The first kappa shape index (κ1) is 16.1. The van der Waals surface area contributed by atoms with Gasteiger partial charge in [-0.1, -0.05) is 22.0 Å². The molecule has 0 bridgehead atoms. The van der Waals surface area contributed by atoms with E-state index >= 15 is 0 Å². The molecule has 0 spiro atoms. The molecule has 1 heterocycles. The Morgan fingerprint density at radius 1 is 1.33 bits per heavy atom. The molecule has 0 saturated heterocycles. The van der Waals surface area contributed by atoms with E-state index in [9.17, 15) is 13.5 Å². The van der Waals surface area contributed by atoms with E-state index in [0.717, 1.165) is 4.47 Å². The zero-order valence-corrected chi connectivity index (χ0v) is 14.1. The Balaban J connectivity index is 2.36. The molecule has 0 aliphatic rings. The summed E-state index contributed by atoms with van der Waals surface area (Å²) in [5.41, 5.74) is 1.05. The summed E-state index contributed by atoms with van der Waals surface area (Å²) in [6.45, 7) is 3.65. The molecule has 0 atom stereocenters. The van der Waals surface area contributed by atoms with E-state index in [1.165, 1.54) is 12.3 Å². The minimum absolute atomic E-state index is 0.0713. The average molecular weight is 373 g/mol. The Bertz CT molecular complexity index is 738. The summed E-state index contributed by atoms with van der Waals surface area (Å²) >= 11 is 3.30. The highest BCUT2D eigenvalue weighted by Gasteiger charge is 2.19. The van der Waals surface area contributed by atoms with Gasteiger partial charge in [0, 0.05) is 28.1 Å². The number of hydrogen-bond acceptors (Lipinski definition) is 3. The van der Waals surface area contributed by atoms with Crippen LogP contribution in [-0.4, -0.2) is 18.1 Å². The fraction of sp³-hybridized carbons (Fsp3) is 0.286. The summed E-state index contributed by atoms with van der Waals surface area (Å²) < 4.78 is 29.9. The monoisotopic (exact) mass is 372 g/mol. The van der Waals surface area contributed by atoms with Crippen molar-refractivity contribution in [2.75, 3.05) is 4.72 Å². The number of anilines is 1. The number of rotatable bonds is 5. The summed E-state index contributed by atoms with van der Waals surface area (Å²) in [5, 5.41) is 9.33. The quantitative estimate of drug-likeness (QED) is 0.846. The van der Waals surface area contributed by atoms with Gasteiger partial charge in [-0.05, 0) is 38.1 Å². The van der Waals surface area contributed by atoms with E-state index < -0.39 is 10.0 Å². The van der Waals surface area contributed by atoms with Gasteiger partial charge in [-0.2, -0.15) is 0 Å². The van der Waals surface area contributed by atoms with Crippen LogP contribution in [0.3, 0.4) is 0 Å². The van der Waals surface area contributed by atoms with E-state index in [4.69, 9.17) is 0 Å². The molecule has 5 nitrogen and oxygen atoms in total. The maximum absolute atomic E-state index is 12.4. The zero-order valence-electron chi connectivity index (χ0n) is 11.7. The lowest BCUT2D eigenvalue weighted by atomic mass is 10.3. The lowest BCUT2D eigenvalue weighted by molar-refractivity contribution is 0.268. The van der Waals surface area contributed by atoms with Crippen molar-refractivity contribution < 1.29 is 13.5 Å². The molecule has 1 aromatic heterocycles. The number of aromatic nitrogens is 1. The van der Waals surface area contributed by atoms with Crippen LogP contribution in [0.1, 0.15) is 25.6 Å². The van der Waals surface area contributed by atoms with Gasteiger partial charge in [-0.25, -0.2) is 8.42 Å². The van der Waals surface area contributed by atoms with Gasteiger partial charge in [0.05, 0.1) is 6.61 Å². The number of benzene rings is 1. The highest BCUT2D eigenvalue weighted by Crippen LogP contribution is 2.23. The van der Waals surface area contributed by atoms with Crippen molar-refractivity contribution in [2.45, 2.75) is 31.4 Å². The van der Waals surface area contributed by atoms with Crippen LogP contribution in [0.25, 0.3) is 0 Å². The second-order valence-corrected chi connectivity index (χ2v) is 7.54. The standard InChI is InChI=1S/C14H17BrN2O3S/c1-10(2)17-8-14(7-13(17)9-18)21(19,20)16-12-5-3-4-11(15)6-12/h3-8,10,16,18H,9H2,1-2H3. The van der Waals surface area contributed by atoms with E-state index in [1.807, 2.05) is 19.9 Å². The summed E-state index contributed by atoms with van der Waals surface area (Å²) in [7, 11) is -3.68. The van der Waals surface area contributed by atoms with Crippen LogP contribution in [0, 0.1) is 0 Å². The third-order valence-corrected chi connectivity index (χ3v) is 4.85. The lowest BCUT2D eigenvalue weighted by Gasteiger charge is -2.10. The Morgan fingerprint density at radius 2 is 2.05 bits per heavy atom. The number of aliphatic hydroxyl groups excluding tert-OH is 1. The molecular weight excluding hydrogens is 356 g/mol. The Morgan fingerprint density at radius 3 is 2.57 bits per heavy atom. The van der Waals surface area contributed by atoms with Crippen molar-refractivity contribution in [3.8, 4) is 0 Å². The fourth-order valence-electron chi connectivity index (χ4n) is 2.02. The molecule has 0 fully saturated rings. The fourth-order valence-corrected chi connectivity index (χ4v) is 3.51. The highest BCUT2D eigenvalue weighted by molar-refractivity contribution is 9.10. The van der Waals surface area contributed by atoms with Crippen LogP contribution in [0.5, 0.6) is 0 Å². The number of sulfonamides is 1. The number of nitrogens with one attached hydrogen (secondary N) is 1. The second kappa shape index (κ2) is 6.21. The molecule has 2 N–H and O–H groups in total. The molecule has 0 unspecified atom stereocenters. The molecule has 0 aliphatic carbocycles. The summed E-state index contributed by atoms with van der Waals surface area (Å²) in [6.07, 6.45) is 1.54.